The number of thioether (sulfide) groups is 1. The lowest BCUT2D eigenvalue weighted by Gasteiger charge is -2.16. The number of hydrogen-bond acceptors (Lipinski definition) is 5. The lowest BCUT2D eigenvalue weighted by Crippen LogP contribution is -2.18. The summed E-state index contributed by atoms with van der Waals surface area (Å²) in [4.78, 5) is 25.3. The van der Waals surface area contributed by atoms with Gasteiger partial charge in [-0.25, -0.2) is 13.2 Å². The zero-order chi connectivity index (χ0) is 20.5. The number of carboxylic acid groups (broad SMARTS) is 1. The molecule has 0 fully saturated rings. The molecule has 2 aromatic rings. The Morgan fingerprint density at radius 2 is 1.86 bits per heavy atom. The van der Waals surface area contributed by atoms with Crippen LogP contribution in [0.2, 0.25) is 0 Å². The minimum absolute atomic E-state index is 0.0151. The molecule has 2 aromatic carbocycles. The number of hydrogen-bond donors (Lipinski definition) is 2. The summed E-state index contributed by atoms with van der Waals surface area (Å²) in [5.74, 6) is -1.17. The van der Waals surface area contributed by atoms with Crippen molar-refractivity contribution in [3.05, 3.63) is 53.1 Å². The number of rotatable bonds is 5. The summed E-state index contributed by atoms with van der Waals surface area (Å²) in [6.07, 6.45) is 2.02. The van der Waals surface area contributed by atoms with Crippen molar-refractivity contribution in [3.63, 3.8) is 0 Å². The fraction of sp³-hybridized carbons (Fsp3) is 0.263. The van der Waals surface area contributed by atoms with E-state index in [1.165, 1.54) is 11.0 Å². The van der Waals surface area contributed by atoms with Gasteiger partial charge in [-0.2, -0.15) is 0 Å². The SMILES string of the molecule is CN(C)C(=O)Sc1ccccc1NS(=O)(=O)c1cc(C(=O)O)cc2c1CCC2. The van der Waals surface area contributed by atoms with Gasteiger partial charge in [0, 0.05) is 19.0 Å². The first-order valence-electron chi connectivity index (χ1n) is 8.59. The van der Waals surface area contributed by atoms with Crippen molar-refractivity contribution in [2.75, 3.05) is 18.8 Å². The number of fused-ring (bicyclic) bond motifs is 1. The van der Waals surface area contributed by atoms with Crippen LogP contribution in [0, 0.1) is 0 Å². The van der Waals surface area contributed by atoms with E-state index in [1.54, 1.807) is 44.4 Å². The van der Waals surface area contributed by atoms with Gasteiger partial charge in [0.15, 0.2) is 0 Å². The quantitative estimate of drug-likeness (QED) is 0.718. The molecule has 0 saturated heterocycles. The highest BCUT2D eigenvalue weighted by Gasteiger charge is 2.27. The third-order valence-electron chi connectivity index (χ3n) is 4.40. The van der Waals surface area contributed by atoms with Gasteiger partial charge in [-0.1, -0.05) is 12.1 Å². The summed E-state index contributed by atoms with van der Waals surface area (Å²) in [6, 6.07) is 9.36. The highest BCUT2D eigenvalue weighted by atomic mass is 32.2. The van der Waals surface area contributed by atoms with Gasteiger partial charge in [0.05, 0.1) is 16.1 Å². The van der Waals surface area contributed by atoms with E-state index in [-0.39, 0.29) is 21.4 Å². The van der Waals surface area contributed by atoms with E-state index in [9.17, 15) is 23.1 Å². The number of carboxylic acids is 1. The van der Waals surface area contributed by atoms with Crippen LogP contribution in [-0.2, 0) is 22.9 Å². The molecule has 0 bridgehead atoms. The van der Waals surface area contributed by atoms with Gasteiger partial charge in [-0.05, 0) is 66.4 Å². The Hall–Kier alpha value is -2.52. The smallest absolute Gasteiger partial charge is 0.335 e. The van der Waals surface area contributed by atoms with Crippen LogP contribution in [0.4, 0.5) is 10.5 Å². The molecule has 0 spiro atoms. The van der Waals surface area contributed by atoms with Crippen molar-refractivity contribution >= 4 is 38.7 Å². The van der Waals surface area contributed by atoms with Crippen LogP contribution in [0.1, 0.15) is 27.9 Å². The molecule has 9 heteroatoms. The van der Waals surface area contributed by atoms with E-state index in [0.717, 1.165) is 23.7 Å². The average Bonchev–Trinajstić information content (AvgIpc) is 3.10. The van der Waals surface area contributed by atoms with Gasteiger partial charge in [-0.15, -0.1) is 0 Å². The predicted octanol–water partition coefficient (Wildman–Crippen LogP) is 3.45. The number of aromatic carboxylic acids is 1. The van der Waals surface area contributed by atoms with E-state index >= 15 is 0 Å². The van der Waals surface area contributed by atoms with Crippen molar-refractivity contribution < 1.29 is 23.1 Å². The molecule has 0 unspecified atom stereocenters. The Labute approximate surface area is 167 Å². The summed E-state index contributed by atoms with van der Waals surface area (Å²) in [5, 5.41) is 9.09. The normalized spacial score (nSPS) is 13.1. The second kappa shape index (κ2) is 7.84. The number of carbonyl (C=O) groups is 2. The molecule has 7 nitrogen and oxygen atoms in total. The van der Waals surface area contributed by atoms with E-state index in [2.05, 4.69) is 4.72 Å². The van der Waals surface area contributed by atoms with Gasteiger partial charge in [0.25, 0.3) is 15.3 Å². The van der Waals surface area contributed by atoms with Crippen LogP contribution in [0.15, 0.2) is 46.2 Å². The molecule has 0 aliphatic heterocycles. The van der Waals surface area contributed by atoms with Crippen LogP contribution < -0.4 is 4.72 Å². The maximum Gasteiger partial charge on any atom is 0.335 e. The van der Waals surface area contributed by atoms with Crippen LogP contribution in [0.25, 0.3) is 0 Å². The first kappa shape index (κ1) is 20.2. The summed E-state index contributed by atoms with van der Waals surface area (Å²) in [6.45, 7) is 0. The minimum atomic E-state index is -4.02. The molecule has 0 atom stereocenters. The summed E-state index contributed by atoms with van der Waals surface area (Å²) in [5.41, 5.74) is 1.64. The molecule has 0 aromatic heterocycles. The molecule has 0 heterocycles. The molecule has 148 valence electrons. The summed E-state index contributed by atoms with van der Waals surface area (Å²) >= 11 is 0.914. The van der Waals surface area contributed by atoms with Gasteiger partial charge in [0.2, 0.25) is 0 Å². The Kier molecular flexibility index (Phi) is 5.66. The molecular formula is C19H20N2O5S2. The standard InChI is InChI=1S/C19H20N2O5S2/c1-21(2)19(24)27-16-9-4-3-8-15(16)20-28(25,26)17-11-13(18(22)23)10-12-6-5-7-14(12)17/h3-4,8-11,20H,5-7H2,1-2H3,(H,22,23). The minimum Gasteiger partial charge on any atom is -0.478 e. The maximum absolute atomic E-state index is 13.1. The number of nitrogens with zero attached hydrogens (tertiary/aromatic N) is 1. The van der Waals surface area contributed by atoms with E-state index in [0.29, 0.717) is 23.3 Å². The van der Waals surface area contributed by atoms with E-state index in [1.807, 2.05) is 0 Å². The number of aryl methyl sites for hydroxylation is 1. The third-order valence-corrected chi connectivity index (χ3v) is 6.95. The molecular weight excluding hydrogens is 400 g/mol. The lowest BCUT2D eigenvalue weighted by atomic mass is 10.1. The van der Waals surface area contributed by atoms with E-state index < -0.39 is 16.0 Å². The number of amides is 1. The first-order chi connectivity index (χ1) is 13.2. The van der Waals surface area contributed by atoms with Crippen molar-refractivity contribution in [1.29, 1.82) is 0 Å². The van der Waals surface area contributed by atoms with Gasteiger partial charge >= 0.3 is 5.97 Å². The molecule has 0 radical (unpaired) electrons. The zero-order valence-electron chi connectivity index (χ0n) is 15.4. The predicted molar refractivity (Wildman–Crippen MR) is 108 cm³/mol. The summed E-state index contributed by atoms with van der Waals surface area (Å²) in [7, 11) is -0.797. The van der Waals surface area contributed by atoms with Crippen LogP contribution in [-0.4, -0.2) is 43.7 Å². The number of sulfonamides is 1. The second-order valence-corrected chi connectivity index (χ2v) is 9.28. The molecule has 3 rings (SSSR count). The highest BCUT2D eigenvalue weighted by molar-refractivity contribution is 8.13. The van der Waals surface area contributed by atoms with Gasteiger partial charge in [0.1, 0.15) is 0 Å². The summed E-state index contributed by atoms with van der Waals surface area (Å²) < 4.78 is 28.7. The van der Waals surface area contributed by atoms with E-state index in [4.69, 9.17) is 0 Å². The third kappa shape index (κ3) is 4.15. The van der Waals surface area contributed by atoms with Crippen LogP contribution >= 0.6 is 11.8 Å². The molecule has 28 heavy (non-hydrogen) atoms. The van der Waals surface area contributed by atoms with Crippen LogP contribution in [0.5, 0.6) is 0 Å². The lowest BCUT2D eigenvalue weighted by molar-refractivity contribution is 0.0696. The molecule has 1 aliphatic carbocycles. The van der Waals surface area contributed by atoms with Crippen LogP contribution in [0.3, 0.4) is 0 Å². The largest absolute Gasteiger partial charge is 0.478 e. The average molecular weight is 421 g/mol. The Bertz CT molecular complexity index is 1050. The molecule has 1 aliphatic rings. The fourth-order valence-electron chi connectivity index (χ4n) is 3.05. The zero-order valence-corrected chi connectivity index (χ0v) is 17.1. The number of nitrogens with one attached hydrogen (secondary N) is 1. The molecule has 0 saturated carbocycles. The Balaban J connectivity index is 2.01. The first-order valence-corrected chi connectivity index (χ1v) is 10.9. The highest BCUT2D eigenvalue weighted by Crippen LogP contribution is 2.34. The topological polar surface area (TPSA) is 104 Å². The number of carbonyl (C=O) groups excluding carboxylic acids is 1. The van der Waals surface area contributed by atoms with Crippen molar-refractivity contribution in [3.8, 4) is 0 Å². The fourth-order valence-corrected chi connectivity index (χ4v) is 5.28. The monoisotopic (exact) mass is 420 g/mol. The van der Waals surface area contributed by atoms with Crippen molar-refractivity contribution in [2.45, 2.75) is 29.1 Å². The maximum atomic E-state index is 13.1. The van der Waals surface area contributed by atoms with Gasteiger partial charge < -0.3 is 10.0 Å². The van der Waals surface area contributed by atoms with Gasteiger partial charge in [-0.3, -0.25) is 9.52 Å². The Morgan fingerprint density at radius 3 is 2.54 bits per heavy atom. The van der Waals surface area contributed by atoms with Crippen molar-refractivity contribution in [1.82, 2.24) is 4.90 Å². The Morgan fingerprint density at radius 1 is 1.14 bits per heavy atom. The molecule has 2 N–H and O–H groups in total. The molecule has 1 amide bonds. The number of para-hydroxylation sites is 1. The second-order valence-electron chi connectivity index (χ2n) is 6.63. The number of benzene rings is 2. The number of anilines is 1. The van der Waals surface area contributed by atoms with Crippen molar-refractivity contribution in [2.24, 2.45) is 0 Å².